The standard InChI is InChI=1S/C30H29Cl2NO6/c1-29(2)11-21(34)26-23(13-29)39-24-14-30(3,4)12-22(35)27(24)25(26)19-9-17(31)10-20(32)28(19)38-15-16-5-7-18(8-6-16)33(36)37/h5-10,25H,11-15H2,1-4H3. The molecule has 0 amide bonds. The average Bonchev–Trinajstić information content (AvgIpc) is 2.80. The highest BCUT2D eigenvalue weighted by Gasteiger charge is 2.48. The smallest absolute Gasteiger partial charge is 0.269 e. The molecule has 0 aromatic heterocycles. The Balaban J connectivity index is 1.63. The van der Waals surface area contributed by atoms with Crippen LogP contribution in [-0.4, -0.2) is 16.5 Å². The maximum Gasteiger partial charge on any atom is 0.269 e. The number of ketones is 2. The number of nitro benzene ring substituents is 1. The molecule has 2 aromatic rings. The summed E-state index contributed by atoms with van der Waals surface area (Å²) in [4.78, 5) is 37.9. The van der Waals surface area contributed by atoms with Gasteiger partial charge in [-0.3, -0.25) is 19.7 Å². The van der Waals surface area contributed by atoms with Crippen molar-refractivity contribution in [2.24, 2.45) is 10.8 Å². The molecule has 9 heteroatoms. The van der Waals surface area contributed by atoms with Crippen molar-refractivity contribution in [3.63, 3.8) is 0 Å². The fourth-order valence-electron chi connectivity index (χ4n) is 5.80. The molecule has 0 saturated heterocycles. The first-order valence-corrected chi connectivity index (χ1v) is 13.6. The summed E-state index contributed by atoms with van der Waals surface area (Å²) in [7, 11) is 0. The van der Waals surface area contributed by atoms with Gasteiger partial charge in [0.15, 0.2) is 11.6 Å². The molecule has 0 fully saturated rings. The molecule has 2 aromatic carbocycles. The van der Waals surface area contributed by atoms with Gasteiger partial charge < -0.3 is 9.47 Å². The quantitative estimate of drug-likeness (QED) is 0.268. The van der Waals surface area contributed by atoms with Crippen LogP contribution in [0.15, 0.2) is 59.1 Å². The molecular weight excluding hydrogens is 541 g/mol. The van der Waals surface area contributed by atoms with Gasteiger partial charge in [-0.15, -0.1) is 0 Å². The number of halogens is 2. The Kier molecular flexibility index (Phi) is 6.88. The van der Waals surface area contributed by atoms with Gasteiger partial charge in [-0.05, 0) is 40.7 Å². The fourth-order valence-corrected chi connectivity index (χ4v) is 6.37. The number of hydrogen-bond acceptors (Lipinski definition) is 6. The lowest BCUT2D eigenvalue weighted by molar-refractivity contribution is -0.384. The Hall–Kier alpha value is -3.16. The van der Waals surface area contributed by atoms with Crippen molar-refractivity contribution in [1.29, 1.82) is 0 Å². The number of Topliss-reactive ketones (excluding diaryl/α,β-unsaturated/α-hetero) is 2. The second-order valence-corrected chi connectivity index (χ2v) is 13.0. The van der Waals surface area contributed by atoms with Gasteiger partial charge in [-0.2, -0.15) is 0 Å². The van der Waals surface area contributed by atoms with Crippen LogP contribution in [0, 0.1) is 20.9 Å². The fraction of sp³-hybridized carbons (Fsp3) is 0.400. The number of hydrogen-bond donors (Lipinski definition) is 0. The van der Waals surface area contributed by atoms with E-state index in [1.165, 1.54) is 12.1 Å². The number of carbonyl (C=O) groups is 2. The van der Waals surface area contributed by atoms with Crippen LogP contribution < -0.4 is 4.74 Å². The van der Waals surface area contributed by atoms with Crippen molar-refractivity contribution in [2.75, 3.05) is 0 Å². The highest BCUT2D eigenvalue weighted by atomic mass is 35.5. The Morgan fingerprint density at radius 1 is 0.923 bits per heavy atom. The number of non-ortho nitro benzene ring substituents is 1. The highest BCUT2D eigenvalue weighted by Crippen LogP contribution is 2.55. The molecule has 0 bridgehead atoms. The summed E-state index contributed by atoms with van der Waals surface area (Å²) in [5.41, 5.74) is 1.54. The second kappa shape index (κ2) is 9.79. The summed E-state index contributed by atoms with van der Waals surface area (Å²) in [6.45, 7) is 8.18. The number of allylic oxidation sites excluding steroid dienone is 4. The first kappa shape index (κ1) is 27.4. The van der Waals surface area contributed by atoms with Crippen LogP contribution >= 0.6 is 23.2 Å². The van der Waals surface area contributed by atoms with E-state index in [2.05, 4.69) is 0 Å². The van der Waals surface area contributed by atoms with E-state index < -0.39 is 10.8 Å². The largest absolute Gasteiger partial charge is 0.487 e. The van der Waals surface area contributed by atoms with Crippen LogP contribution in [0.1, 0.15) is 70.4 Å². The summed E-state index contributed by atoms with van der Waals surface area (Å²) in [5, 5.41) is 11.6. The van der Waals surface area contributed by atoms with E-state index in [9.17, 15) is 19.7 Å². The Bertz CT molecular complexity index is 1420. The zero-order valence-corrected chi connectivity index (χ0v) is 23.7. The van der Waals surface area contributed by atoms with Gasteiger partial charge >= 0.3 is 0 Å². The predicted molar refractivity (Wildman–Crippen MR) is 148 cm³/mol. The first-order valence-electron chi connectivity index (χ1n) is 12.8. The van der Waals surface area contributed by atoms with Gasteiger partial charge in [0.25, 0.3) is 5.69 Å². The molecule has 3 aliphatic rings. The molecule has 0 saturated carbocycles. The lowest BCUT2D eigenvalue weighted by atomic mass is 9.65. The van der Waals surface area contributed by atoms with E-state index in [1.54, 1.807) is 24.3 Å². The van der Waals surface area contributed by atoms with Gasteiger partial charge in [0.05, 0.1) is 15.9 Å². The van der Waals surface area contributed by atoms with Gasteiger partial charge in [-0.1, -0.05) is 50.9 Å². The second-order valence-electron chi connectivity index (χ2n) is 12.1. The monoisotopic (exact) mass is 569 g/mol. The SMILES string of the molecule is CC1(C)CC(=O)C2=C(C1)OC1=C(C(=O)CC(C)(C)C1)C2c1cc(Cl)cc(Cl)c1OCc1ccc([N+](=O)[O-])cc1. The van der Waals surface area contributed by atoms with Gasteiger partial charge in [0.2, 0.25) is 0 Å². The molecular formula is C30H29Cl2NO6. The number of benzene rings is 2. The normalized spacial score (nSPS) is 20.4. The highest BCUT2D eigenvalue weighted by molar-refractivity contribution is 6.35. The number of nitro groups is 1. The van der Waals surface area contributed by atoms with Crippen LogP contribution in [0.2, 0.25) is 10.0 Å². The molecule has 1 heterocycles. The average molecular weight is 570 g/mol. The van der Waals surface area contributed by atoms with Crippen molar-refractivity contribution in [2.45, 2.75) is 65.9 Å². The predicted octanol–water partition coefficient (Wildman–Crippen LogP) is 7.88. The van der Waals surface area contributed by atoms with E-state index in [0.29, 0.717) is 70.2 Å². The Labute approximate surface area is 236 Å². The van der Waals surface area contributed by atoms with Crippen molar-refractivity contribution >= 4 is 40.5 Å². The van der Waals surface area contributed by atoms with Crippen LogP contribution in [0.4, 0.5) is 5.69 Å². The molecule has 0 atom stereocenters. The lowest BCUT2D eigenvalue weighted by Gasteiger charge is -2.43. The minimum absolute atomic E-state index is 0.0254. The number of carbonyl (C=O) groups excluding carboxylic acids is 2. The Morgan fingerprint density at radius 2 is 1.46 bits per heavy atom. The van der Waals surface area contributed by atoms with Crippen LogP contribution in [0.25, 0.3) is 0 Å². The third-order valence-electron chi connectivity index (χ3n) is 7.46. The zero-order chi connectivity index (χ0) is 28.3. The first-order chi connectivity index (χ1) is 18.2. The van der Waals surface area contributed by atoms with E-state index in [-0.39, 0.29) is 39.7 Å². The summed E-state index contributed by atoms with van der Waals surface area (Å²) in [6, 6.07) is 9.28. The zero-order valence-electron chi connectivity index (χ0n) is 22.2. The molecule has 0 spiro atoms. The van der Waals surface area contributed by atoms with Crippen LogP contribution in [0.3, 0.4) is 0 Å². The Morgan fingerprint density at radius 3 is 1.97 bits per heavy atom. The molecule has 0 unspecified atom stereocenters. The lowest BCUT2D eigenvalue weighted by Crippen LogP contribution is -2.37. The minimum Gasteiger partial charge on any atom is -0.487 e. The van der Waals surface area contributed by atoms with E-state index >= 15 is 0 Å². The van der Waals surface area contributed by atoms with Crippen LogP contribution in [-0.2, 0) is 20.9 Å². The maximum absolute atomic E-state index is 13.7. The van der Waals surface area contributed by atoms with Crippen molar-refractivity contribution in [3.05, 3.63) is 90.3 Å². The van der Waals surface area contributed by atoms with Crippen molar-refractivity contribution < 1.29 is 24.0 Å². The summed E-state index contributed by atoms with van der Waals surface area (Å²) >= 11 is 13.2. The number of rotatable bonds is 5. The summed E-state index contributed by atoms with van der Waals surface area (Å²) in [6.07, 6.45) is 1.76. The molecule has 204 valence electrons. The molecule has 0 N–H and O–H groups in total. The number of ether oxygens (including phenoxy) is 2. The summed E-state index contributed by atoms with van der Waals surface area (Å²) in [5.74, 6) is 0.603. The van der Waals surface area contributed by atoms with Gasteiger partial charge in [0.1, 0.15) is 23.9 Å². The summed E-state index contributed by atoms with van der Waals surface area (Å²) < 4.78 is 12.6. The molecule has 7 nitrogen and oxygen atoms in total. The van der Waals surface area contributed by atoms with Crippen molar-refractivity contribution in [3.8, 4) is 5.75 Å². The third-order valence-corrected chi connectivity index (χ3v) is 7.96. The van der Waals surface area contributed by atoms with Gasteiger partial charge in [0, 0.05) is 59.5 Å². The minimum atomic E-state index is -0.723. The van der Waals surface area contributed by atoms with E-state index in [0.717, 1.165) is 0 Å². The van der Waals surface area contributed by atoms with Gasteiger partial charge in [-0.25, -0.2) is 0 Å². The third kappa shape index (κ3) is 5.35. The molecule has 39 heavy (non-hydrogen) atoms. The van der Waals surface area contributed by atoms with Crippen LogP contribution in [0.5, 0.6) is 5.75 Å². The molecule has 5 rings (SSSR count). The molecule has 2 aliphatic carbocycles. The molecule has 0 radical (unpaired) electrons. The van der Waals surface area contributed by atoms with Crippen molar-refractivity contribution in [1.82, 2.24) is 0 Å². The van der Waals surface area contributed by atoms with E-state index in [4.69, 9.17) is 32.7 Å². The molecule has 1 aliphatic heterocycles. The maximum atomic E-state index is 13.7. The topological polar surface area (TPSA) is 95.7 Å². The van der Waals surface area contributed by atoms with E-state index in [1.807, 2.05) is 27.7 Å². The number of nitrogens with zero attached hydrogens (tertiary/aromatic N) is 1.